The van der Waals surface area contributed by atoms with Crippen LogP contribution in [0, 0.1) is 11.3 Å². The smallest absolute Gasteiger partial charge is 0.321 e. The molecule has 0 saturated carbocycles. The van der Waals surface area contributed by atoms with E-state index in [2.05, 4.69) is 20.7 Å². The number of nitrogens with zero attached hydrogens (tertiary/aromatic N) is 4. The molecular formula is C14H14N6O2. The highest BCUT2D eigenvalue weighted by Crippen LogP contribution is 1.97. The standard InChI is InChI=1S/C14H14N6O2/c15-8-12-17-10-20(19-12)7-6-13(21)18-14(22)16-9-11-4-2-1-3-5-11/h1-5,10H,6-7,9H2,(H2,16,18,21,22). The first-order valence-electron chi connectivity index (χ1n) is 6.58. The number of benzene rings is 1. The zero-order valence-corrected chi connectivity index (χ0v) is 11.7. The Morgan fingerprint density at radius 3 is 2.73 bits per heavy atom. The number of rotatable bonds is 5. The average molecular weight is 298 g/mol. The predicted octanol–water partition coefficient (Wildman–Crippen LogP) is 0.566. The van der Waals surface area contributed by atoms with Crippen LogP contribution in [0.15, 0.2) is 36.7 Å². The zero-order valence-electron chi connectivity index (χ0n) is 11.7. The lowest BCUT2D eigenvalue weighted by atomic mass is 10.2. The number of carbonyl (C=O) groups is 2. The van der Waals surface area contributed by atoms with Crippen LogP contribution in [0.3, 0.4) is 0 Å². The van der Waals surface area contributed by atoms with Gasteiger partial charge >= 0.3 is 6.03 Å². The summed E-state index contributed by atoms with van der Waals surface area (Å²) in [5, 5.41) is 17.2. The number of hydrogen-bond donors (Lipinski definition) is 2. The fraction of sp³-hybridized carbons (Fsp3) is 0.214. The lowest BCUT2D eigenvalue weighted by Crippen LogP contribution is -2.39. The number of aromatic nitrogens is 3. The molecule has 8 heteroatoms. The van der Waals surface area contributed by atoms with E-state index in [4.69, 9.17) is 5.26 Å². The maximum Gasteiger partial charge on any atom is 0.321 e. The van der Waals surface area contributed by atoms with Gasteiger partial charge in [-0.1, -0.05) is 30.3 Å². The predicted molar refractivity (Wildman–Crippen MR) is 76.2 cm³/mol. The van der Waals surface area contributed by atoms with Gasteiger partial charge in [0.25, 0.3) is 5.82 Å². The molecule has 0 aliphatic heterocycles. The van der Waals surface area contributed by atoms with Gasteiger partial charge in [-0.3, -0.25) is 14.8 Å². The van der Waals surface area contributed by atoms with Crippen LogP contribution >= 0.6 is 0 Å². The van der Waals surface area contributed by atoms with Crippen LogP contribution in [-0.2, 0) is 17.9 Å². The van der Waals surface area contributed by atoms with Crippen LogP contribution in [0.1, 0.15) is 17.8 Å². The maximum atomic E-state index is 11.6. The van der Waals surface area contributed by atoms with Crippen molar-refractivity contribution in [3.8, 4) is 6.07 Å². The maximum absolute atomic E-state index is 11.6. The molecule has 112 valence electrons. The molecule has 3 amide bonds. The van der Waals surface area contributed by atoms with Crippen LogP contribution in [0.5, 0.6) is 0 Å². The molecule has 2 aromatic rings. The van der Waals surface area contributed by atoms with Gasteiger partial charge in [0.1, 0.15) is 12.4 Å². The number of nitriles is 1. The highest BCUT2D eigenvalue weighted by atomic mass is 16.2. The Labute approximate surface area is 126 Å². The van der Waals surface area contributed by atoms with Crippen molar-refractivity contribution in [3.05, 3.63) is 48.0 Å². The Balaban J connectivity index is 1.70. The summed E-state index contributed by atoms with van der Waals surface area (Å²) in [7, 11) is 0. The molecule has 1 heterocycles. The van der Waals surface area contributed by atoms with Gasteiger partial charge in [0.15, 0.2) is 0 Å². The second-order valence-corrected chi connectivity index (χ2v) is 4.41. The Bertz CT molecular complexity index is 689. The van der Waals surface area contributed by atoms with Crippen molar-refractivity contribution in [1.29, 1.82) is 5.26 Å². The molecule has 1 aromatic heterocycles. The minimum atomic E-state index is -0.551. The van der Waals surface area contributed by atoms with Crippen molar-refractivity contribution in [3.63, 3.8) is 0 Å². The van der Waals surface area contributed by atoms with Gasteiger partial charge in [0, 0.05) is 13.0 Å². The molecule has 2 rings (SSSR count). The van der Waals surface area contributed by atoms with E-state index in [1.54, 1.807) is 6.07 Å². The summed E-state index contributed by atoms with van der Waals surface area (Å²) in [5.74, 6) is -0.388. The Morgan fingerprint density at radius 2 is 2.05 bits per heavy atom. The Kier molecular flexibility index (Phi) is 5.20. The topological polar surface area (TPSA) is 113 Å². The monoisotopic (exact) mass is 298 g/mol. The molecule has 0 bridgehead atoms. The van der Waals surface area contributed by atoms with Crippen molar-refractivity contribution in [2.24, 2.45) is 0 Å². The molecule has 2 N–H and O–H groups in total. The van der Waals surface area contributed by atoms with Gasteiger partial charge in [-0.05, 0) is 5.56 Å². The van der Waals surface area contributed by atoms with Crippen LogP contribution < -0.4 is 10.6 Å². The fourth-order valence-corrected chi connectivity index (χ4v) is 1.68. The van der Waals surface area contributed by atoms with Gasteiger partial charge < -0.3 is 5.32 Å². The molecule has 0 aliphatic rings. The molecule has 0 aliphatic carbocycles. The largest absolute Gasteiger partial charge is 0.334 e. The Hall–Kier alpha value is -3.21. The first-order valence-corrected chi connectivity index (χ1v) is 6.58. The number of imide groups is 1. The lowest BCUT2D eigenvalue weighted by Gasteiger charge is -2.06. The van der Waals surface area contributed by atoms with Crippen molar-refractivity contribution in [2.45, 2.75) is 19.5 Å². The molecule has 1 aromatic carbocycles. The summed E-state index contributed by atoms with van der Waals surface area (Å²) in [5.41, 5.74) is 0.941. The molecule has 0 spiro atoms. The average Bonchev–Trinajstić information content (AvgIpc) is 3.00. The van der Waals surface area contributed by atoms with Crippen molar-refractivity contribution in [1.82, 2.24) is 25.4 Å². The van der Waals surface area contributed by atoms with Crippen LogP contribution in [0.2, 0.25) is 0 Å². The van der Waals surface area contributed by atoms with E-state index in [9.17, 15) is 9.59 Å². The van der Waals surface area contributed by atoms with E-state index in [1.807, 2.05) is 30.3 Å². The summed E-state index contributed by atoms with van der Waals surface area (Å²) in [6.07, 6.45) is 1.42. The van der Waals surface area contributed by atoms with E-state index in [1.165, 1.54) is 11.0 Å². The first-order chi connectivity index (χ1) is 10.7. The van der Waals surface area contributed by atoms with E-state index in [0.717, 1.165) is 5.56 Å². The van der Waals surface area contributed by atoms with E-state index >= 15 is 0 Å². The summed E-state index contributed by atoms with van der Waals surface area (Å²) < 4.78 is 1.38. The highest BCUT2D eigenvalue weighted by molar-refractivity contribution is 5.94. The minimum absolute atomic E-state index is 0.0426. The number of aryl methyl sites for hydroxylation is 1. The summed E-state index contributed by atoms with van der Waals surface area (Å²) in [6, 6.07) is 10.6. The quantitative estimate of drug-likeness (QED) is 0.837. The van der Waals surface area contributed by atoms with E-state index in [0.29, 0.717) is 6.54 Å². The normalized spacial score (nSPS) is 9.77. The number of amides is 3. The second kappa shape index (κ2) is 7.54. The number of carbonyl (C=O) groups excluding carboxylic acids is 2. The van der Waals surface area contributed by atoms with Gasteiger partial charge in [-0.25, -0.2) is 9.78 Å². The second-order valence-electron chi connectivity index (χ2n) is 4.41. The third kappa shape index (κ3) is 4.72. The molecule has 0 fully saturated rings. The van der Waals surface area contributed by atoms with Crippen molar-refractivity contribution >= 4 is 11.9 Å². The first kappa shape index (κ1) is 15.2. The summed E-state index contributed by atoms with van der Waals surface area (Å²) >= 11 is 0. The zero-order chi connectivity index (χ0) is 15.8. The van der Waals surface area contributed by atoms with Crippen LogP contribution in [0.4, 0.5) is 4.79 Å². The van der Waals surface area contributed by atoms with E-state index < -0.39 is 11.9 Å². The number of urea groups is 1. The molecule has 8 nitrogen and oxygen atoms in total. The van der Waals surface area contributed by atoms with Gasteiger partial charge in [0.05, 0.1) is 6.54 Å². The van der Waals surface area contributed by atoms with Crippen molar-refractivity contribution in [2.75, 3.05) is 0 Å². The minimum Gasteiger partial charge on any atom is -0.334 e. The number of nitrogens with one attached hydrogen (secondary N) is 2. The molecule has 22 heavy (non-hydrogen) atoms. The molecule has 0 saturated heterocycles. The Morgan fingerprint density at radius 1 is 1.27 bits per heavy atom. The number of hydrogen-bond acceptors (Lipinski definition) is 5. The summed E-state index contributed by atoms with van der Waals surface area (Å²) in [4.78, 5) is 26.9. The van der Waals surface area contributed by atoms with E-state index in [-0.39, 0.29) is 18.8 Å². The van der Waals surface area contributed by atoms with Crippen molar-refractivity contribution < 1.29 is 9.59 Å². The third-order valence-electron chi connectivity index (χ3n) is 2.75. The SMILES string of the molecule is N#Cc1ncn(CCC(=O)NC(=O)NCc2ccccc2)n1. The third-order valence-corrected chi connectivity index (χ3v) is 2.75. The van der Waals surface area contributed by atoms with Crippen LogP contribution in [-0.4, -0.2) is 26.7 Å². The highest BCUT2D eigenvalue weighted by Gasteiger charge is 2.08. The molecule has 0 atom stereocenters. The van der Waals surface area contributed by atoms with Gasteiger partial charge in [0.2, 0.25) is 5.91 Å². The molecule has 0 unspecified atom stereocenters. The van der Waals surface area contributed by atoms with Gasteiger partial charge in [-0.2, -0.15) is 5.26 Å². The van der Waals surface area contributed by atoms with Gasteiger partial charge in [-0.15, -0.1) is 5.10 Å². The summed E-state index contributed by atoms with van der Waals surface area (Å²) in [6.45, 7) is 0.584. The lowest BCUT2D eigenvalue weighted by molar-refractivity contribution is -0.120. The molecular weight excluding hydrogens is 284 g/mol. The fourth-order valence-electron chi connectivity index (χ4n) is 1.68. The molecule has 0 radical (unpaired) electrons. The van der Waals surface area contributed by atoms with Crippen LogP contribution in [0.25, 0.3) is 0 Å².